The molecule has 3 fully saturated rings. The molecule has 1 aliphatic carbocycles. The molecule has 0 radical (unpaired) electrons. The van der Waals surface area contributed by atoms with Crippen LogP contribution in [0, 0.1) is 5.92 Å². The van der Waals surface area contributed by atoms with Crippen LogP contribution in [0.1, 0.15) is 49.4 Å². The molecule has 4 atom stereocenters. The van der Waals surface area contributed by atoms with Crippen LogP contribution < -0.4 is 15.4 Å². The summed E-state index contributed by atoms with van der Waals surface area (Å²) in [4.78, 5) is 52.9. The van der Waals surface area contributed by atoms with Gasteiger partial charge in [-0.25, -0.2) is 0 Å². The van der Waals surface area contributed by atoms with Crippen LogP contribution in [0.25, 0.3) is 0 Å². The Bertz CT molecular complexity index is 1040. The summed E-state index contributed by atoms with van der Waals surface area (Å²) in [6.45, 7) is 1.72. The molecular weight excluding hydrogens is 462 g/mol. The maximum Gasteiger partial charge on any atom is 0.262 e. The monoisotopic (exact) mass is 489 g/mol. The molecule has 1 aromatic rings. The van der Waals surface area contributed by atoms with Gasteiger partial charge < -0.3 is 25.0 Å². The normalized spacial score (nSPS) is 29.6. The van der Waals surface area contributed by atoms with Gasteiger partial charge in [-0.3, -0.25) is 19.2 Å². The van der Waals surface area contributed by atoms with Gasteiger partial charge in [0, 0.05) is 12.1 Å². The number of ether oxygens (including phenoxy) is 2. The van der Waals surface area contributed by atoms with Crippen LogP contribution in [-0.4, -0.2) is 71.2 Å². The van der Waals surface area contributed by atoms with Gasteiger partial charge in [0.1, 0.15) is 30.0 Å². The third-order valence-electron chi connectivity index (χ3n) is 7.58. The first kappa shape index (κ1) is 23.1. The van der Waals surface area contributed by atoms with Crippen molar-refractivity contribution >= 4 is 40.8 Å². The van der Waals surface area contributed by atoms with Gasteiger partial charge in [-0.05, 0) is 43.9 Å². The molecule has 10 heteroatoms. The Balaban J connectivity index is 1.41. The predicted octanol–water partition coefficient (Wildman–Crippen LogP) is 1.87. The standard InChI is InChI=1S/C24H28ClN3O6/c1-24-18(29)11-34-21(24)15(25)10-28(24)23(32)20(13-5-3-2-4-6-13)27-22(31)14-7-8-16-17(9-14)33-12-19(30)26-16/h7-9,13,15,20-21H,2-6,10-12H2,1H3,(H,26,30)(H,27,31)/t15-,20-,21+,24?/m0/s1. The van der Waals surface area contributed by atoms with Crippen LogP contribution in [0.3, 0.4) is 0 Å². The van der Waals surface area contributed by atoms with E-state index in [1.807, 2.05) is 0 Å². The highest BCUT2D eigenvalue weighted by molar-refractivity contribution is 6.22. The minimum Gasteiger partial charge on any atom is -0.482 e. The van der Waals surface area contributed by atoms with E-state index in [4.69, 9.17) is 21.1 Å². The van der Waals surface area contributed by atoms with Gasteiger partial charge in [0.25, 0.3) is 11.8 Å². The SMILES string of the molecule is CC12C(=O)CO[C@@H]1[C@@H](Cl)CN2C(=O)[C@@H](NC(=O)c1ccc2c(c1)OCC(=O)N2)C1CCCCC1. The van der Waals surface area contributed by atoms with E-state index in [0.717, 1.165) is 32.1 Å². The molecule has 0 aromatic heterocycles. The fourth-order valence-corrected chi connectivity index (χ4v) is 6.08. The number of carbonyl (C=O) groups excluding carboxylic acids is 4. The van der Waals surface area contributed by atoms with Gasteiger partial charge in [0.2, 0.25) is 5.91 Å². The molecule has 3 aliphatic heterocycles. The highest BCUT2D eigenvalue weighted by Crippen LogP contribution is 2.41. The largest absolute Gasteiger partial charge is 0.482 e. The number of ketones is 1. The number of halogens is 1. The number of benzene rings is 1. The molecule has 1 saturated carbocycles. The zero-order valence-electron chi connectivity index (χ0n) is 19.0. The van der Waals surface area contributed by atoms with Crippen LogP contribution in [0.2, 0.25) is 0 Å². The second-order valence-corrected chi connectivity index (χ2v) is 10.2. The maximum atomic E-state index is 13.9. The van der Waals surface area contributed by atoms with E-state index in [1.165, 1.54) is 4.90 Å². The quantitative estimate of drug-likeness (QED) is 0.624. The second-order valence-electron chi connectivity index (χ2n) is 9.66. The van der Waals surface area contributed by atoms with Crippen molar-refractivity contribution in [2.45, 2.75) is 62.1 Å². The third kappa shape index (κ3) is 3.84. The van der Waals surface area contributed by atoms with Gasteiger partial charge >= 0.3 is 0 Å². The summed E-state index contributed by atoms with van der Waals surface area (Å²) < 4.78 is 11.0. The molecule has 5 rings (SSSR count). The van der Waals surface area contributed by atoms with E-state index < -0.39 is 29.0 Å². The Morgan fingerprint density at radius 3 is 2.74 bits per heavy atom. The Hall–Kier alpha value is -2.65. The number of Topliss-reactive ketones (excluding diaryl/α,β-unsaturated/α-hetero) is 1. The van der Waals surface area contributed by atoms with Crippen LogP contribution in [-0.2, 0) is 19.1 Å². The second kappa shape index (κ2) is 8.85. The Kier molecular flexibility index (Phi) is 6.02. The fraction of sp³-hybridized carbons (Fsp3) is 0.583. The molecule has 4 aliphatic rings. The summed E-state index contributed by atoms with van der Waals surface area (Å²) in [6.07, 6.45) is 4.14. The molecule has 182 valence electrons. The summed E-state index contributed by atoms with van der Waals surface area (Å²) in [5, 5.41) is 5.16. The van der Waals surface area contributed by atoms with Gasteiger partial charge in [0.05, 0.1) is 11.1 Å². The molecule has 1 unspecified atom stereocenters. The zero-order chi connectivity index (χ0) is 24.0. The number of amides is 3. The summed E-state index contributed by atoms with van der Waals surface area (Å²) in [7, 11) is 0. The number of hydrogen-bond acceptors (Lipinski definition) is 6. The number of likely N-dealkylation sites (tertiary alicyclic amines) is 1. The molecule has 0 spiro atoms. The lowest BCUT2D eigenvalue weighted by Crippen LogP contribution is -2.60. The molecule has 3 heterocycles. The van der Waals surface area contributed by atoms with Crippen LogP contribution in [0.5, 0.6) is 5.75 Å². The van der Waals surface area contributed by atoms with Crippen LogP contribution >= 0.6 is 11.6 Å². The summed E-state index contributed by atoms with van der Waals surface area (Å²) in [5.41, 5.74) is -0.305. The van der Waals surface area contributed by atoms with Crippen molar-refractivity contribution in [1.29, 1.82) is 0 Å². The minimum absolute atomic E-state index is 0.0350. The number of anilines is 1. The van der Waals surface area contributed by atoms with Crippen molar-refractivity contribution in [2.24, 2.45) is 5.92 Å². The number of rotatable bonds is 4. The van der Waals surface area contributed by atoms with E-state index >= 15 is 0 Å². The Morgan fingerprint density at radius 1 is 1.21 bits per heavy atom. The lowest BCUT2D eigenvalue weighted by molar-refractivity contribution is -0.144. The number of fused-ring (bicyclic) bond motifs is 2. The van der Waals surface area contributed by atoms with E-state index in [-0.39, 0.29) is 43.3 Å². The Labute approximate surface area is 202 Å². The van der Waals surface area contributed by atoms with Gasteiger partial charge in [0.15, 0.2) is 12.4 Å². The number of carbonyl (C=O) groups is 4. The lowest BCUT2D eigenvalue weighted by atomic mass is 9.82. The smallest absolute Gasteiger partial charge is 0.262 e. The summed E-state index contributed by atoms with van der Waals surface area (Å²) in [6, 6.07) is 3.97. The average Bonchev–Trinajstić information content (AvgIpc) is 3.29. The van der Waals surface area contributed by atoms with Crippen LogP contribution in [0.4, 0.5) is 5.69 Å². The van der Waals surface area contributed by atoms with Crippen molar-refractivity contribution in [3.05, 3.63) is 23.8 Å². The fourth-order valence-electron chi connectivity index (χ4n) is 5.63. The molecule has 34 heavy (non-hydrogen) atoms. The van der Waals surface area contributed by atoms with Gasteiger partial charge in [-0.2, -0.15) is 0 Å². The summed E-state index contributed by atoms with van der Waals surface area (Å²) in [5.74, 6) is -0.765. The third-order valence-corrected chi connectivity index (χ3v) is 7.94. The van der Waals surface area contributed by atoms with E-state index in [0.29, 0.717) is 17.0 Å². The maximum absolute atomic E-state index is 13.9. The van der Waals surface area contributed by atoms with Crippen molar-refractivity contribution < 1.29 is 28.7 Å². The number of hydrogen-bond donors (Lipinski definition) is 2. The molecular formula is C24H28ClN3O6. The van der Waals surface area contributed by atoms with Crippen molar-refractivity contribution in [1.82, 2.24) is 10.2 Å². The molecule has 0 bridgehead atoms. The molecule has 2 saturated heterocycles. The topological polar surface area (TPSA) is 114 Å². The van der Waals surface area contributed by atoms with Crippen molar-refractivity contribution in [2.75, 3.05) is 25.1 Å². The molecule has 2 N–H and O–H groups in total. The predicted molar refractivity (Wildman–Crippen MR) is 123 cm³/mol. The van der Waals surface area contributed by atoms with Gasteiger partial charge in [-0.15, -0.1) is 11.6 Å². The molecule has 9 nitrogen and oxygen atoms in total. The molecule has 3 amide bonds. The van der Waals surface area contributed by atoms with Crippen molar-refractivity contribution in [3.63, 3.8) is 0 Å². The van der Waals surface area contributed by atoms with E-state index in [1.54, 1.807) is 25.1 Å². The number of alkyl halides is 1. The molecule has 1 aromatic carbocycles. The van der Waals surface area contributed by atoms with E-state index in [2.05, 4.69) is 10.6 Å². The zero-order valence-corrected chi connectivity index (χ0v) is 19.7. The Morgan fingerprint density at radius 2 is 1.97 bits per heavy atom. The first-order valence-corrected chi connectivity index (χ1v) is 12.2. The lowest BCUT2D eigenvalue weighted by Gasteiger charge is -2.38. The highest BCUT2D eigenvalue weighted by atomic mass is 35.5. The number of nitrogens with one attached hydrogen (secondary N) is 2. The first-order valence-electron chi connectivity index (χ1n) is 11.8. The first-order chi connectivity index (χ1) is 16.3. The minimum atomic E-state index is -1.13. The van der Waals surface area contributed by atoms with Gasteiger partial charge in [-0.1, -0.05) is 19.3 Å². The average molecular weight is 490 g/mol. The summed E-state index contributed by atoms with van der Waals surface area (Å²) >= 11 is 6.47. The van der Waals surface area contributed by atoms with E-state index in [9.17, 15) is 19.2 Å². The van der Waals surface area contributed by atoms with Crippen LogP contribution in [0.15, 0.2) is 18.2 Å². The highest BCUT2D eigenvalue weighted by Gasteiger charge is 2.62. The number of nitrogens with zero attached hydrogens (tertiary/aromatic N) is 1. The van der Waals surface area contributed by atoms with Crippen molar-refractivity contribution in [3.8, 4) is 5.75 Å².